The van der Waals surface area contributed by atoms with E-state index in [4.69, 9.17) is 4.43 Å². The molecule has 1 saturated carbocycles. The summed E-state index contributed by atoms with van der Waals surface area (Å²) in [6.45, 7) is 11.5. The zero-order valence-corrected chi connectivity index (χ0v) is 15.1. The number of hydrogen-bond acceptors (Lipinski definition) is 1. The average Bonchev–Trinajstić information content (AvgIpc) is 2.39. The van der Waals surface area contributed by atoms with E-state index in [0.717, 1.165) is 12.8 Å². The summed E-state index contributed by atoms with van der Waals surface area (Å²) in [4.78, 5) is 0. The molecule has 0 aliphatic heterocycles. The molecule has 1 aliphatic rings. The Morgan fingerprint density at radius 3 is 2.19 bits per heavy atom. The minimum absolute atomic E-state index is 0.156. The second-order valence-electron chi connectivity index (χ2n) is 7.86. The highest BCUT2D eigenvalue weighted by Gasteiger charge is 2.41. The third-order valence-electron chi connectivity index (χ3n) is 5.25. The lowest BCUT2D eigenvalue weighted by molar-refractivity contribution is 0.114. The zero-order valence-electron chi connectivity index (χ0n) is 14.1. The molecule has 2 atom stereocenters. The maximum Gasteiger partial charge on any atom is 0.192 e. The SMILES string of the molecule is CC(C)(C)[Si](C)(C)O[C@H]1CCCC[C@@H]1c1ccc(F)cc1. The van der Waals surface area contributed by atoms with Gasteiger partial charge in [-0.1, -0.05) is 45.7 Å². The van der Waals surface area contributed by atoms with Gasteiger partial charge in [-0.15, -0.1) is 0 Å². The quantitative estimate of drug-likeness (QED) is 0.634. The number of benzene rings is 1. The van der Waals surface area contributed by atoms with Crippen molar-refractivity contribution in [2.24, 2.45) is 0 Å². The van der Waals surface area contributed by atoms with E-state index in [1.54, 1.807) is 12.1 Å². The minimum atomic E-state index is -1.75. The van der Waals surface area contributed by atoms with Gasteiger partial charge in [0.1, 0.15) is 5.82 Å². The summed E-state index contributed by atoms with van der Waals surface area (Å²) >= 11 is 0. The van der Waals surface area contributed by atoms with Gasteiger partial charge < -0.3 is 4.43 Å². The van der Waals surface area contributed by atoms with E-state index in [-0.39, 0.29) is 10.9 Å². The van der Waals surface area contributed by atoms with Crippen molar-refractivity contribution < 1.29 is 8.82 Å². The highest BCUT2D eigenvalue weighted by atomic mass is 28.4. The van der Waals surface area contributed by atoms with Crippen LogP contribution in [0.4, 0.5) is 4.39 Å². The van der Waals surface area contributed by atoms with Crippen LogP contribution in [0.25, 0.3) is 0 Å². The van der Waals surface area contributed by atoms with Crippen LogP contribution in [0.3, 0.4) is 0 Å². The van der Waals surface area contributed by atoms with Crippen LogP contribution in [-0.2, 0) is 4.43 Å². The Morgan fingerprint density at radius 2 is 1.62 bits per heavy atom. The van der Waals surface area contributed by atoms with Crippen molar-refractivity contribution in [1.29, 1.82) is 0 Å². The van der Waals surface area contributed by atoms with Crippen molar-refractivity contribution in [2.75, 3.05) is 0 Å². The number of halogens is 1. The van der Waals surface area contributed by atoms with Crippen molar-refractivity contribution in [1.82, 2.24) is 0 Å². The fourth-order valence-electron chi connectivity index (χ4n) is 2.88. The summed E-state index contributed by atoms with van der Waals surface area (Å²) in [6, 6.07) is 7.03. The standard InChI is InChI=1S/C18H29FOSi/c1-18(2,3)21(4,5)20-17-9-7-6-8-16(17)14-10-12-15(19)13-11-14/h10-13,16-17H,6-9H2,1-5H3/t16-,17+/m1/s1. The van der Waals surface area contributed by atoms with Crippen LogP contribution in [0, 0.1) is 5.82 Å². The molecule has 118 valence electrons. The first-order chi connectivity index (χ1) is 9.71. The van der Waals surface area contributed by atoms with Crippen LogP contribution in [0.2, 0.25) is 18.1 Å². The van der Waals surface area contributed by atoms with E-state index < -0.39 is 8.32 Å². The number of rotatable bonds is 3. The normalized spacial score (nSPS) is 24.1. The van der Waals surface area contributed by atoms with Crippen molar-refractivity contribution in [3.8, 4) is 0 Å². The molecule has 0 amide bonds. The summed E-state index contributed by atoms with van der Waals surface area (Å²) in [5.41, 5.74) is 1.24. The van der Waals surface area contributed by atoms with Gasteiger partial charge in [0.2, 0.25) is 0 Å². The van der Waals surface area contributed by atoms with Crippen molar-refractivity contribution in [3.05, 3.63) is 35.6 Å². The molecule has 0 bridgehead atoms. The van der Waals surface area contributed by atoms with E-state index in [9.17, 15) is 4.39 Å². The van der Waals surface area contributed by atoms with Gasteiger partial charge in [0.25, 0.3) is 0 Å². The van der Waals surface area contributed by atoms with Crippen molar-refractivity contribution >= 4 is 8.32 Å². The van der Waals surface area contributed by atoms with E-state index in [1.165, 1.54) is 18.4 Å². The van der Waals surface area contributed by atoms with Gasteiger partial charge in [-0.3, -0.25) is 0 Å². The van der Waals surface area contributed by atoms with Crippen LogP contribution in [0.15, 0.2) is 24.3 Å². The van der Waals surface area contributed by atoms with Gasteiger partial charge in [0.15, 0.2) is 8.32 Å². The second kappa shape index (κ2) is 6.21. The summed E-state index contributed by atoms with van der Waals surface area (Å²) in [6.07, 6.45) is 5.08. The smallest absolute Gasteiger partial charge is 0.192 e. The zero-order chi connectivity index (χ0) is 15.7. The van der Waals surface area contributed by atoms with E-state index >= 15 is 0 Å². The van der Waals surface area contributed by atoms with E-state index in [1.807, 2.05) is 12.1 Å². The van der Waals surface area contributed by atoms with E-state index in [0.29, 0.717) is 12.0 Å². The minimum Gasteiger partial charge on any atom is -0.413 e. The second-order valence-corrected chi connectivity index (χ2v) is 12.6. The van der Waals surface area contributed by atoms with Gasteiger partial charge in [-0.05, 0) is 48.7 Å². The van der Waals surface area contributed by atoms with Crippen molar-refractivity contribution in [3.63, 3.8) is 0 Å². The first-order valence-electron chi connectivity index (χ1n) is 8.14. The topological polar surface area (TPSA) is 9.23 Å². The lowest BCUT2D eigenvalue weighted by Crippen LogP contribution is -2.46. The molecule has 3 heteroatoms. The Labute approximate surface area is 130 Å². The molecule has 1 nitrogen and oxygen atoms in total. The molecule has 1 fully saturated rings. The molecule has 0 heterocycles. The van der Waals surface area contributed by atoms with Gasteiger partial charge in [-0.2, -0.15) is 0 Å². The Hall–Kier alpha value is -0.673. The number of hydrogen-bond donors (Lipinski definition) is 0. The maximum absolute atomic E-state index is 13.2. The molecule has 1 aromatic carbocycles. The molecule has 0 radical (unpaired) electrons. The summed E-state index contributed by atoms with van der Waals surface area (Å²) in [7, 11) is -1.75. The Kier molecular flexibility index (Phi) is 4.94. The highest BCUT2D eigenvalue weighted by molar-refractivity contribution is 6.74. The lowest BCUT2D eigenvalue weighted by atomic mass is 9.82. The fourth-order valence-corrected chi connectivity index (χ4v) is 4.28. The molecule has 1 aromatic rings. The lowest BCUT2D eigenvalue weighted by Gasteiger charge is -2.43. The molecular formula is C18H29FOSi. The van der Waals surface area contributed by atoms with Crippen LogP contribution in [-0.4, -0.2) is 14.4 Å². The van der Waals surface area contributed by atoms with Crippen LogP contribution >= 0.6 is 0 Å². The van der Waals surface area contributed by atoms with Crippen LogP contribution in [0.1, 0.15) is 57.9 Å². The predicted octanol–water partition coefficient (Wildman–Crippen LogP) is 5.87. The predicted molar refractivity (Wildman–Crippen MR) is 89.7 cm³/mol. The molecule has 0 spiro atoms. The summed E-state index contributed by atoms with van der Waals surface area (Å²) in [5, 5.41) is 0.234. The monoisotopic (exact) mass is 308 g/mol. The van der Waals surface area contributed by atoms with Crippen LogP contribution in [0.5, 0.6) is 0 Å². The van der Waals surface area contributed by atoms with Gasteiger partial charge in [0, 0.05) is 5.92 Å². The molecule has 0 N–H and O–H groups in total. The molecule has 0 saturated heterocycles. The molecule has 0 aromatic heterocycles. The first-order valence-corrected chi connectivity index (χ1v) is 11.0. The molecule has 2 rings (SSSR count). The summed E-state index contributed by atoms with van der Waals surface area (Å²) in [5.74, 6) is 0.268. The first kappa shape index (κ1) is 16.7. The molecule has 21 heavy (non-hydrogen) atoms. The van der Waals surface area contributed by atoms with E-state index in [2.05, 4.69) is 33.9 Å². The third-order valence-corrected chi connectivity index (χ3v) is 9.76. The van der Waals surface area contributed by atoms with Gasteiger partial charge >= 0.3 is 0 Å². The van der Waals surface area contributed by atoms with Crippen LogP contribution < -0.4 is 0 Å². The fraction of sp³-hybridized carbons (Fsp3) is 0.667. The maximum atomic E-state index is 13.2. The largest absolute Gasteiger partial charge is 0.413 e. The highest BCUT2D eigenvalue weighted by Crippen LogP contribution is 2.42. The Morgan fingerprint density at radius 1 is 1.05 bits per heavy atom. The third kappa shape index (κ3) is 3.95. The molecule has 0 unspecified atom stereocenters. The Bertz CT molecular complexity index is 461. The summed E-state index contributed by atoms with van der Waals surface area (Å²) < 4.78 is 19.8. The molecule has 1 aliphatic carbocycles. The van der Waals surface area contributed by atoms with Gasteiger partial charge in [-0.25, -0.2) is 4.39 Å². The molecular weight excluding hydrogens is 279 g/mol. The Balaban J connectivity index is 2.18. The average molecular weight is 309 g/mol. The van der Waals surface area contributed by atoms with Gasteiger partial charge in [0.05, 0.1) is 6.10 Å². The van der Waals surface area contributed by atoms with Crippen molar-refractivity contribution in [2.45, 2.75) is 76.6 Å².